The summed E-state index contributed by atoms with van der Waals surface area (Å²) in [6.07, 6.45) is 7.81. The van der Waals surface area contributed by atoms with E-state index in [1.807, 2.05) is 13.8 Å². The van der Waals surface area contributed by atoms with Crippen molar-refractivity contribution < 1.29 is 14.4 Å². The number of hydrogen-bond donors (Lipinski definition) is 0. The van der Waals surface area contributed by atoms with Crippen LogP contribution in [0.4, 0.5) is 0 Å². The Hall–Kier alpha value is -0.990. The molecular weight excluding hydrogens is 276 g/mol. The summed E-state index contributed by atoms with van der Waals surface area (Å²) in [4.78, 5) is 31.8. The summed E-state index contributed by atoms with van der Waals surface area (Å²) in [6.45, 7) is 8.32. The van der Waals surface area contributed by atoms with Crippen LogP contribution in [0.15, 0.2) is 0 Å². The van der Waals surface area contributed by atoms with Gasteiger partial charge in [0.1, 0.15) is 17.3 Å². The lowest BCUT2D eigenvalue weighted by molar-refractivity contribution is -0.121. The van der Waals surface area contributed by atoms with Gasteiger partial charge in [0.25, 0.3) is 0 Å². The minimum atomic E-state index is 0.343. The molecule has 126 valence electrons. The van der Waals surface area contributed by atoms with Crippen LogP contribution >= 0.6 is 0 Å². The summed E-state index contributed by atoms with van der Waals surface area (Å²) < 4.78 is 0. The molecule has 3 saturated carbocycles. The van der Waals surface area contributed by atoms with E-state index in [4.69, 9.17) is 0 Å². The van der Waals surface area contributed by atoms with Crippen molar-refractivity contribution >= 4 is 17.3 Å². The molecular formula is C19H32O3. The number of rotatable bonds is 0. The van der Waals surface area contributed by atoms with E-state index in [0.717, 1.165) is 51.4 Å². The van der Waals surface area contributed by atoms with Gasteiger partial charge in [-0.05, 0) is 37.5 Å². The average Bonchev–Trinajstić information content (AvgIpc) is 3.12. The van der Waals surface area contributed by atoms with E-state index in [-0.39, 0.29) is 0 Å². The maximum atomic E-state index is 10.8. The van der Waals surface area contributed by atoms with Gasteiger partial charge in [0.15, 0.2) is 0 Å². The zero-order valence-electron chi connectivity index (χ0n) is 14.7. The standard InChI is InChI=1S/C7H12O.2C6H10O/c1-5-3-4-7(8)6(5)2;1-5-2-3-6(7)4-5;1-5-3-2-4-6(5)7/h5-6H,3-4H2,1-2H3;2*5H,2-4H2,1H3. The summed E-state index contributed by atoms with van der Waals surface area (Å²) in [7, 11) is 0. The third-order valence-corrected chi connectivity index (χ3v) is 5.31. The fourth-order valence-electron chi connectivity index (χ4n) is 3.15. The molecule has 0 aromatic heterocycles. The van der Waals surface area contributed by atoms with E-state index in [2.05, 4.69) is 13.8 Å². The van der Waals surface area contributed by atoms with Crippen LogP contribution in [0.5, 0.6) is 0 Å². The van der Waals surface area contributed by atoms with Crippen molar-refractivity contribution in [3.8, 4) is 0 Å². The molecule has 0 amide bonds. The lowest BCUT2D eigenvalue weighted by atomic mass is 10.0. The molecule has 3 aliphatic rings. The van der Waals surface area contributed by atoms with Crippen LogP contribution in [0, 0.1) is 23.7 Å². The van der Waals surface area contributed by atoms with Gasteiger partial charge in [-0.15, -0.1) is 0 Å². The molecule has 0 bridgehead atoms. The molecule has 3 heteroatoms. The van der Waals surface area contributed by atoms with Crippen molar-refractivity contribution in [1.29, 1.82) is 0 Å². The van der Waals surface area contributed by atoms with Gasteiger partial charge >= 0.3 is 0 Å². The lowest BCUT2D eigenvalue weighted by Crippen LogP contribution is -2.06. The van der Waals surface area contributed by atoms with Crippen molar-refractivity contribution in [2.75, 3.05) is 0 Å². The minimum absolute atomic E-state index is 0.343. The molecule has 4 unspecified atom stereocenters. The monoisotopic (exact) mass is 308 g/mol. The molecule has 0 aromatic rings. The summed E-state index contributed by atoms with van der Waals surface area (Å²) in [5.74, 6) is 3.40. The molecule has 22 heavy (non-hydrogen) atoms. The predicted molar refractivity (Wildman–Crippen MR) is 88.6 cm³/mol. The van der Waals surface area contributed by atoms with Crippen molar-refractivity contribution in [1.82, 2.24) is 0 Å². The second kappa shape index (κ2) is 9.22. The maximum Gasteiger partial charge on any atom is 0.135 e. The number of carbonyl (C=O) groups excluding carboxylic acids is 3. The van der Waals surface area contributed by atoms with Crippen molar-refractivity contribution in [2.24, 2.45) is 23.7 Å². The molecule has 3 nitrogen and oxygen atoms in total. The second-order valence-corrected chi connectivity index (χ2v) is 7.42. The number of ketones is 3. The van der Waals surface area contributed by atoms with Crippen LogP contribution in [-0.2, 0) is 14.4 Å². The number of carbonyl (C=O) groups is 3. The van der Waals surface area contributed by atoms with Gasteiger partial charge in [0.2, 0.25) is 0 Å². The second-order valence-electron chi connectivity index (χ2n) is 7.42. The Labute approximate surface area is 135 Å². The van der Waals surface area contributed by atoms with Gasteiger partial charge in [-0.25, -0.2) is 0 Å². The zero-order chi connectivity index (χ0) is 16.7. The highest BCUT2D eigenvalue weighted by Gasteiger charge is 2.26. The normalized spacial score (nSPS) is 34.1. The largest absolute Gasteiger partial charge is 0.300 e. The summed E-state index contributed by atoms with van der Waals surface area (Å²) in [5, 5.41) is 0. The first kappa shape index (κ1) is 19.1. The van der Waals surface area contributed by atoms with E-state index < -0.39 is 0 Å². The van der Waals surface area contributed by atoms with Crippen molar-refractivity contribution in [3.63, 3.8) is 0 Å². The zero-order valence-corrected chi connectivity index (χ0v) is 14.7. The molecule has 0 aromatic carbocycles. The Kier molecular flexibility index (Phi) is 7.98. The summed E-state index contributed by atoms with van der Waals surface area (Å²) >= 11 is 0. The molecule has 0 saturated heterocycles. The molecule has 4 atom stereocenters. The molecule has 3 rings (SSSR count). The highest BCUT2D eigenvalue weighted by Crippen LogP contribution is 2.26. The first-order chi connectivity index (χ1) is 10.3. The van der Waals surface area contributed by atoms with E-state index >= 15 is 0 Å². The van der Waals surface area contributed by atoms with Crippen LogP contribution in [0.2, 0.25) is 0 Å². The lowest BCUT2D eigenvalue weighted by Gasteiger charge is -2.03. The molecule has 0 heterocycles. The Morgan fingerprint density at radius 1 is 0.773 bits per heavy atom. The molecule has 0 spiro atoms. The van der Waals surface area contributed by atoms with Crippen LogP contribution in [-0.4, -0.2) is 17.3 Å². The highest BCUT2D eigenvalue weighted by atomic mass is 16.1. The van der Waals surface area contributed by atoms with E-state index in [9.17, 15) is 14.4 Å². The number of hydrogen-bond acceptors (Lipinski definition) is 3. The fourth-order valence-corrected chi connectivity index (χ4v) is 3.15. The van der Waals surface area contributed by atoms with Gasteiger partial charge in [-0.1, -0.05) is 27.7 Å². The van der Waals surface area contributed by atoms with Crippen molar-refractivity contribution in [3.05, 3.63) is 0 Å². The third kappa shape index (κ3) is 6.41. The molecule has 3 fully saturated rings. The van der Waals surface area contributed by atoms with E-state index in [1.165, 1.54) is 0 Å². The fraction of sp³-hybridized carbons (Fsp3) is 0.842. The van der Waals surface area contributed by atoms with E-state index in [1.54, 1.807) is 0 Å². The number of Topliss-reactive ketones (excluding diaryl/α,β-unsaturated/α-hetero) is 3. The van der Waals surface area contributed by atoms with Crippen LogP contribution in [0.25, 0.3) is 0 Å². The van der Waals surface area contributed by atoms with E-state index in [0.29, 0.717) is 41.0 Å². The minimum Gasteiger partial charge on any atom is -0.300 e. The molecule has 0 aliphatic heterocycles. The predicted octanol–water partition coefficient (Wildman–Crippen LogP) is 4.37. The van der Waals surface area contributed by atoms with Gasteiger partial charge < -0.3 is 0 Å². The molecule has 0 radical (unpaired) electrons. The highest BCUT2D eigenvalue weighted by molar-refractivity contribution is 5.83. The average molecular weight is 308 g/mol. The quantitative estimate of drug-likeness (QED) is 0.667. The summed E-state index contributed by atoms with van der Waals surface area (Å²) in [6, 6.07) is 0. The first-order valence-corrected chi connectivity index (χ1v) is 8.88. The topological polar surface area (TPSA) is 51.2 Å². The third-order valence-electron chi connectivity index (χ3n) is 5.31. The van der Waals surface area contributed by atoms with Gasteiger partial charge in [0.05, 0.1) is 0 Å². The smallest absolute Gasteiger partial charge is 0.135 e. The van der Waals surface area contributed by atoms with Crippen LogP contribution in [0.3, 0.4) is 0 Å². The van der Waals surface area contributed by atoms with Gasteiger partial charge in [-0.3, -0.25) is 14.4 Å². The Morgan fingerprint density at radius 3 is 1.59 bits per heavy atom. The van der Waals surface area contributed by atoms with Gasteiger partial charge in [0, 0.05) is 37.5 Å². The van der Waals surface area contributed by atoms with Crippen molar-refractivity contribution in [2.45, 2.75) is 79.1 Å². The SMILES string of the molecule is CC1CCC(=O)C1.CC1CCC(=O)C1C.CC1CCCC1=O. The summed E-state index contributed by atoms with van der Waals surface area (Å²) in [5.41, 5.74) is 0. The first-order valence-electron chi connectivity index (χ1n) is 8.88. The molecule has 3 aliphatic carbocycles. The van der Waals surface area contributed by atoms with Gasteiger partial charge in [-0.2, -0.15) is 0 Å². The van der Waals surface area contributed by atoms with Crippen LogP contribution < -0.4 is 0 Å². The Bertz CT molecular complexity index is 399. The maximum absolute atomic E-state index is 10.8. The molecule has 0 N–H and O–H groups in total. The van der Waals surface area contributed by atoms with Crippen LogP contribution in [0.1, 0.15) is 79.1 Å². The Morgan fingerprint density at radius 2 is 1.45 bits per heavy atom. The Balaban J connectivity index is 0.000000166.